The van der Waals surface area contributed by atoms with E-state index in [0.29, 0.717) is 6.42 Å². The predicted octanol–water partition coefficient (Wildman–Crippen LogP) is 1.32. The van der Waals surface area contributed by atoms with Crippen LogP contribution >= 0.6 is 0 Å². The van der Waals surface area contributed by atoms with E-state index in [2.05, 4.69) is 22.0 Å². The first kappa shape index (κ1) is 11.2. The number of hydrogen-bond donors (Lipinski definition) is 0. The molecule has 0 aromatic carbocycles. The largest absolute Gasteiger partial charge is 0.462 e. The van der Waals surface area contributed by atoms with Crippen molar-refractivity contribution >= 4 is 5.97 Å². The minimum atomic E-state index is -0.218. The molecule has 2 heterocycles. The Balaban J connectivity index is 2.10. The van der Waals surface area contributed by atoms with E-state index < -0.39 is 0 Å². The summed E-state index contributed by atoms with van der Waals surface area (Å²) in [7, 11) is 2.08. The van der Waals surface area contributed by atoms with Crippen LogP contribution in [0.2, 0.25) is 0 Å². The summed E-state index contributed by atoms with van der Waals surface area (Å²) in [6.07, 6.45) is 2.15. The molecule has 0 aromatic heterocycles. The van der Waals surface area contributed by atoms with Gasteiger partial charge in [0.05, 0.1) is 13.0 Å². The highest BCUT2D eigenvalue weighted by Crippen LogP contribution is 2.44. The van der Waals surface area contributed by atoms with E-state index in [0.717, 1.165) is 25.9 Å². The Kier molecular flexibility index (Phi) is 3.03. The lowest BCUT2D eigenvalue weighted by molar-refractivity contribution is -0.141. The number of carbonyl (C=O) groups is 1. The fourth-order valence-corrected chi connectivity index (χ4v) is 2.63. The van der Waals surface area contributed by atoms with Gasteiger partial charge in [0.15, 0.2) is 0 Å². The maximum atomic E-state index is 11.4. The van der Waals surface area contributed by atoms with Crippen molar-refractivity contribution in [2.45, 2.75) is 25.4 Å². The normalized spacial score (nSPS) is 28.8. The molecule has 0 bridgehead atoms. The highest BCUT2D eigenvalue weighted by molar-refractivity contribution is 5.73. The van der Waals surface area contributed by atoms with Gasteiger partial charge < -0.3 is 9.64 Å². The van der Waals surface area contributed by atoms with Gasteiger partial charge >= 0.3 is 5.97 Å². The predicted molar refractivity (Wildman–Crippen MR) is 57.7 cm³/mol. The summed E-state index contributed by atoms with van der Waals surface area (Å²) in [4.78, 5) is 16.4. The van der Waals surface area contributed by atoms with Crippen LogP contribution < -0.4 is 0 Å². The van der Waals surface area contributed by atoms with Crippen LogP contribution in [0.25, 0.3) is 10.4 Å². The Hall–Kier alpha value is -1.26. The number of ether oxygens (including phenoxy) is 1. The van der Waals surface area contributed by atoms with Crippen molar-refractivity contribution in [1.82, 2.24) is 4.90 Å². The first-order valence-electron chi connectivity index (χ1n) is 5.55. The molecular weight excluding hydrogens is 208 g/mol. The van der Waals surface area contributed by atoms with Crippen molar-refractivity contribution in [3.8, 4) is 0 Å². The van der Waals surface area contributed by atoms with Crippen LogP contribution in [-0.2, 0) is 9.53 Å². The zero-order valence-electron chi connectivity index (χ0n) is 9.43. The zero-order valence-corrected chi connectivity index (χ0v) is 9.43. The van der Waals surface area contributed by atoms with Gasteiger partial charge in [0.1, 0.15) is 6.10 Å². The van der Waals surface area contributed by atoms with Crippen molar-refractivity contribution < 1.29 is 9.53 Å². The topological polar surface area (TPSA) is 78.3 Å². The molecule has 0 aromatic rings. The molecule has 1 unspecified atom stereocenters. The van der Waals surface area contributed by atoms with Crippen LogP contribution in [0, 0.1) is 5.41 Å². The summed E-state index contributed by atoms with van der Waals surface area (Å²) in [5.41, 5.74) is 8.25. The number of likely N-dealkylation sites (tertiary alicyclic amines) is 1. The molecule has 1 atom stereocenters. The van der Waals surface area contributed by atoms with E-state index in [4.69, 9.17) is 10.3 Å². The van der Waals surface area contributed by atoms with Gasteiger partial charge in [-0.1, -0.05) is 5.11 Å². The van der Waals surface area contributed by atoms with Gasteiger partial charge in [-0.25, -0.2) is 0 Å². The summed E-state index contributed by atoms with van der Waals surface area (Å²) in [6, 6.07) is 0. The molecule has 0 aliphatic carbocycles. The third kappa shape index (κ3) is 1.99. The van der Waals surface area contributed by atoms with Gasteiger partial charge in [0.25, 0.3) is 0 Å². The summed E-state index contributed by atoms with van der Waals surface area (Å²) in [6.45, 7) is 2.22. The average molecular weight is 224 g/mol. The SMILES string of the molecule is CN1CCC2(CC1)CC(=O)OC2CN=[N+]=[N-]. The summed E-state index contributed by atoms with van der Waals surface area (Å²) >= 11 is 0. The third-order valence-corrected chi connectivity index (χ3v) is 3.75. The number of azide groups is 1. The highest BCUT2D eigenvalue weighted by Gasteiger charge is 2.49. The quantitative estimate of drug-likeness (QED) is 0.307. The molecule has 0 N–H and O–H groups in total. The lowest BCUT2D eigenvalue weighted by Gasteiger charge is -2.39. The maximum Gasteiger partial charge on any atom is 0.306 e. The van der Waals surface area contributed by atoms with Crippen LogP contribution in [0.4, 0.5) is 0 Å². The molecule has 2 aliphatic heterocycles. The second kappa shape index (κ2) is 4.31. The van der Waals surface area contributed by atoms with Gasteiger partial charge in [-0.3, -0.25) is 4.79 Å². The molecule has 6 nitrogen and oxygen atoms in total. The van der Waals surface area contributed by atoms with Crippen LogP contribution in [0.3, 0.4) is 0 Å². The number of piperidine rings is 1. The fourth-order valence-electron chi connectivity index (χ4n) is 2.63. The number of cyclic esters (lactones) is 1. The second-order valence-corrected chi connectivity index (χ2v) is 4.73. The fraction of sp³-hybridized carbons (Fsp3) is 0.900. The summed E-state index contributed by atoms with van der Waals surface area (Å²) in [5.74, 6) is -0.150. The molecule has 2 saturated heterocycles. The number of esters is 1. The van der Waals surface area contributed by atoms with E-state index in [-0.39, 0.29) is 24.0 Å². The van der Waals surface area contributed by atoms with Crippen LogP contribution in [0.15, 0.2) is 5.11 Å². The second-order valence-electron chi connectivity index (χ2n) is 4.73. The molecule has 1 spiro atoms. The van der Waals surface area contributed by atoms with E-state index in [1.165, 1.54) is 0 Å². The Labute approximate surface area is 94.2 Å². The average Bonchev–Trinajstić information content (AvgIpc) is 2.57. The molecule has 88 valence electrons. The Morgan fingerprint density at radius 3 is 2.94 bits per heavy atom. The molecule has 0 radical (unpaired) electrons. The van der Waals surface area contributed by atoms with Crippen molar-refractivity contribution in [2.24, 2.45) is 10.5 Å². The maximum absolute atomic E-state index is 11.4. The van der Waals surface area contributed by atoms with Crippen molar-refractivity contribution in [3.05, 3.63) is 10.4 Å². The van der Waals surface area contributed by atoms with Crippen LogP contribution in [-0.4, -0.2) is 43.7 Å². The Bertz CT molecular complexity index is 330. The van der Waals surface area contributed by atoms with Crippen LogP contribution in [0.5, 0.6) is 0 Å². The summed E-state index contributed by atoms with van der Waals surface area (Å²) in [5, 5.41) is 3.55. The Morgan fingerprint density at radius 1 is 1.62 bits per heavy atom. The van der Waals surface area contributed by atoms with Gasteiger partial charge in [0, 0.05) is 10.3 Å². The molecule has 2 rings (SSSR count). The zero-order chi connectivity index (χ0) is 11.6. The first-order valence-corrected chi connectivity index (χ1v) is 5.55. The molecule has 6 heteroatoms. The third-order valence-electron chi connectivity index (χ3n) is 3.75. The standard InChI is InChI=1S/C10H16N4O2/c1-14-4-2-10(3-5-14)6-9(15)16-8(10)7-12-13-11/h8H,2-7H2,1H3. The molecule has 0 saturated carbocycles. The van der Waals surface area contributed by atoms with Crippen molar-refractivity contribution in [2.75, 3.05) is 26.7 Å². The summed E-state index contributed by atoms with van der Waals surface area (Å²) < 4.78 is 5.27. The van der Waals surface area contributed by atoms with Gasteiger partial charge in [-0.05, 0) is 38.5 Å². The van der Waals surface area contributed by atoms with Crippen molar-refractivity contribution in [3.63, 3.8) is 0 Å². The van der Waals surface area contributed by atoms with E-state index in [1.54, 1.807) is 0 Å². The minimum absolute atomic E-state index is 0.0855. The molecule has 16 heavy (non-hydrogen) atoms. The monoisotopic (exact) mass is 224 g/mol. The lowest BCUT2D eigenvalue weighted by Crippen LogP contribution is -2.43. The van der Waals surface area contributed by atoms with Crippen LogP contribution in [0.1, 0.15) is 19.3 Å². The first-order chi connectivity index (χ1) is 7.66. The van der Waals surface area contributed by atoms with Gasteiger partial charge in [0.2, 0.25) is 0 Å². The van der Waals surface area contributed by atoms with E-state index >= 15 is 0 Å². The smallest absolute Gasteiger partial charge is 0.306 e. The minimum Gasteiger partial charge on any atom is -0.462 e. The number of rotatable bonds is 2. The van der Waals surface area contributed by atoms with E-state index in [1.807, 2.05) is 0 Å². The number of carbonyl (C=O) groups excluding carboxylic acids is 1. The molecule has 0 amide bonds. The number of nitrogens with zero attached hydrogens (tertiary/aromatic N) is 4. The van der Waals surface area contributed by atoms with Gasteiger partial charge in [-0.2, -0.15) is 0 Å². The highest BCUT2D eigenvalue weighted by atomic mass is 16.6. The lowest BCUT2D eigenvalue weighted by atomic mass is 9.73. The van der Waals surface area contributed by atoms with Gasteiger partial charge in [-0.15, -0.1) is 0 Å². The van der Waals surface area contributed by atoms with Crippen molar-refractivity contribution in [1.29, 1.82) is 0 Å². The van der Waals surface area contributed by atoms with E-state index in [9.17, 15) is 4.79 Å². The number of hydrogen-bond acceptors (Lipinski definition) is 4. The molecule has 2 fully saturated rings. The Morgan fingerprint density at radius 2 is 2.31 bits per heavy atom. The molecular formula is C10H16N4O2. The molecule has 2 aliphatic rings.